The van der Waals surface area contributed by atoms with Gasteiger partial charge in [0.1, 0.15) is 10.3 Å². The first-order valence-corrected chi connectivity index (χ1v) is 13.2. The summed E-state index contributed by atoms with van der Waals surface area (Å²) >= 11 is 0. The normalized spacial score (nSPS) is 20.9. The Morgan fingerprint density at radius 1 is 1.12 bits per heavy atom. The van der Waals surface area contributed by atoms with Crippen molar-refractivity contribution in [3.63, 3.8) is 0 Å². The number of pyridine rings is 1. The quantitative estimate of drug-likeness (QED) is 0.642. The van der Waals surface area contributed by atoms with Crippen LogP contribution in [0.3, 0.4) is 0 Å². The first kappa shape index (κ1) is 24.9. The van der Waals surface area contributed by atoms with Gasteiger partial charge in [-0.3, -0.25) is 4.98 Å². The number of aliphatic hydroxyl groups is 1. The molecule has 4 rings (SSSR count). The molecule has 182 valence electrons. The van der Waals surface area contributed by atoms with Crippen LogP contribution in [0.5, 0.6) is 0 Å². The molecule has 2 aromatic rings. The highest BCUT2D eigenvalue weighted by Gasteiger charge is 2.56. The van der Waals surface area contributed by atoms with Crippen molar-refractivity contribution in [3.8, 4) is 11.8 Å². The van der Waals surface area contributed by atoms with Crippen LogP contribution in [0.1, 0.15) is 61.8 Å². The standard InChI is InChI=1S/C27H35N3O3S/c1-20(2)22-7-9-23(10-8-22)27(31,25(3)18-30(6)19-25)24-15-21(16-28-17-24)11-12-26(13-14-26)34(32,33)29(4)5/h7-10,15-17,20,31H,13-14,18-19H2,1-6H3/t27-/m0/s1. The van der Waals surface area contributed by atoms with Gasteiger partial charge in [-0.1, -0.05) is 56.9 Å². The molecule has 0 radical (unpaired) electrons. The third kappa shape index (κ3) is 3.97. The van der Waals surface area contributed by atoms with E-state index in [4.69, 9.17) is 0 Å². The minimum atomic E-state index is -3.47. The van der Waals surface area contributed by atoms with Gasteiger partial charge in [-0.2, -0.15) is 0 Å². The minimum absolute atomic E-state index is 0.402. The molecule has 1 N–H and O–H groups in total. The maximum atomic E-state index is 12.7. The molecule has 2 heterocycles. The number of benzene rings is 1. The second-order valence-corrected chi connectivity index (χ2v) is 13.2. The monoisotopic (exact) mass is 481 g/mol. The average Bonchev–Trinajstić information content (AvgIpc) is 3.58. The smallest absolute Gasteiger partial charge is 0.230 e. The molecule has 1 aliphatic carbocycles. The lowest BCUT2D eigenvalue weighted by atomic mass is 9.62. The summed E-state index contributed by atoms with van der Waals surface area (Å²) in [6.45, 7) is 7.90. The Morgan fingerprint density at radius 3 is 2.24 bits per heavy atom. The number of rotatable bonds is 6. The zero-order valence-electron chi connectivity index (χ0n) is 21.0. The van der Waals surface area contributed by atoms with Crippen molar-refractivity contribution in [3.05, 3.63) is 65.0 Å². The van der Waals surface area contributed by atoms with Crippen molar-refractivity contribution in [2.75, 3.05) is 34.2 Å². The first-order chi connectivity index (χ1) is 15.8. The second-order valence-electron chi connectivity index (χ2n) is 10.7. The number of aromatic nitrogens is 1. The molecule has 1 saturated carbocycles. The summed E-state index contributed by atoms with van der Waals surface area (Å²) in [4.78, 5) is 6.58. The van der Waals surface area contributed by atoms with E-state index in [2.05, 4.69) is 54.6 Å². The number of sulfonamides is 1. The van der Waals surface area contributed by atoms with Crippen molar-refractivity contribution in [2.24, 2.45) is 5.41 Å². The Labute approximate surface area is 204 Å². The van der Waals surface area contributed by atoms with Crippen LogP contribution >= 0.6 is 0 Å². The van der Waals surface area contributed by atoms with Gasteiger partial charge in [-0.05, 0) is 43.0 Å². The Hall–Kier alpha value is -2.24. The molecule has 1 saturated heterocycles. The second kappa shape index (κ2) is 8.46. The number of nitrogens with zero attached hydrogens (tertiary/aromatic N) is 3. The van der Waals surface area contributed by atoms with Crippen LogP contribution in [-0.4, -0.2) is 66.7 Å². The SMILES string of the molecule is CC(C)c1ccc([C@](O)(c2cncc(C#CC3(S(=O)(=O)N(C)C)CC3)c2)C2(C)CN(C)C2)cc1. The zero-order chi connectivity index (χ0) is 24.9. The fraction of sp³-hybridized carbons (Fsp3) is 0.519. The highest BCUT2D eigenvalue weighted by atomic mass is 32.2. The van der Waals surface area contributed by atoms with E-state index in [0.29, 0.717) is 29.9 Å². The molecule has 0 unspecified atom stereocenters. The summed E-state index contributed by atoms with van der Waals surface area (Å²) in [7, 11) is 1.66. The van der Waals surface area contributed by atoms with Gasteiger partial charge in [-0.25, -0.2) is 12.7 Å². The lowest BCUT2D eigenvalue weighted by Crippen LogP contribution is -2.63. The van der Waals surface area contributed by atoms with E-state index in [9.17, 15) is 13.5 Å². The largest absolute Gasteiger partial charge is 0.380 e. The molecular formula is C27H35N3O3S. The fourth-order valence-electron chi connectivity index (χ4n) is 5.15. The minimum Gasteiger partial charge on any atom is -0.380 e. The van der Waals surface area contributed by atoms with E-state index in [1.165, 1.54) is 9.87 Å². The molecule has 6 nitrogen and oxygen atoms in total. The van der Waals surface area contributed by atoms with Crippen molar-refractivity contribution < 1.29 is 13.5 Å². The number of hydrogen-bond acceptors (Lipinski definition) is 5. The average molecular weight is 482 g/mol. The van der Waals surface area contributed by atoms with Crippen LogP contribution in [-0.2, 0) is 15.6 Å². The number of hydrogen-bond donors (Lipinski definition) is 1. The predicted octanol–water partition coefficient (Wildman–Crippen LogP) is 3.17. The van der Waals surface area contributed by atoms with Gasteiger partial charge in [0.05, 0.1) is 0 Å². The van der Waals surface area contributed by atoms with Crippen LogP contribution in [0.25, 0.3) is 0 Å². The van der Waals surface area contributed by atoms with E-state index in [1.54, 1.807) is 26.5 Å². The van der Waals surface area contributed by atoms with Gasteiger partial charge in [-0.15, -0.1) is 0 Å². The Bertz CT molecular complexity index is 1230. The summed E-state index contributed by atoms with van der Waals surface area (Å²) in [5.74, 6) is 6.47. The summed E-state index contributed by atoms with van der Waals surface area (Å²) in [5.41, 5.74) is 1.66. The van der Waals surface area contributed by atoms with Crippen LogP contribution in [0, 0.1) is 17.3 Å². The Kier molecular flexibility index (Phi) is 6.19. The van der Waals surface area contributed by atoms with Gasteiger partial charge < -0.3 is 10.0 Å². The molecule has 0 spiro atoms. The maximum absolute atomic E-state index is 12.7. The molecule has 1 aromatic carbocycles. The molecular weight excluding hydrogens is 446 g/mol. The topological polar surface area (TPSA) is 73.7 Å². The van der Waals surface area contributed by atoms with Gasteiger partial charge in [0.15, 0.2) is 0 Å². The van der Waals surface area contributed by atoms with Gasteiger partial charge in [0.25, 0.3) is 0 Å². The van der Waals surface area contributed by atoms with Crippen LogP contribution in [0.15, 0.2) is 42.7 Å². The summed E-state index contributed by atoms with van der Waals surface area (Å²) in [6.07, 6.45) is 4.40. The molecule has 2 aliphatic rings. The van der Waals surface area contributed by atoms with Gasteiger partial charge in [0.2, 0.25) is 10.0 Å². The Balaban J connectivity index is 1.76. The van der Waals surface area contributed by atoms with Crippen molar-refractivity contribution in [1.29, 1.82) is 0 Å². The van der Waals surface area contributed by atoms with Crippen molar-refractivity contribution in [1.82, 2.24) is 14.2 Å². The number of likely N-dealkylation sites (tertiary alicyclic amines) is 1. The molecule has 1 atom stereocenters. The molecule has 0 amide bonds. The van der Waals surface area contributed by atoms with Crippen LogP contribution in [0.4, 0.5) is 0 Å². The van der Waals surface area contributed by atoms with Crippen molar-refractivity contribution in [2.45, 2.75) is 49.9 Å². The lowest BCUT2D eigenvalue weighted by molar-refractivity contribution is -0.127. The lowest BCUT2D eigenvalue weighted by Gasteiger charge is -2.55. The van der Waals surface area contributed by atoms with Crippen molar-refractivity contribution >= 4 is 10.0 Å². The molecule has 2 fully saturated rings. The van der Waals surface area contributed by atoms with E-state index in [0.717, 1.165) is 18.7 Å². The third-order valence-electron chi connectivity index (χ3n) is 7.38. The third-order valence-corrected chi connectivity index (χ3v) is 9.83. The molecule has 34 heavy (non-hydrogen) atoms. The molecule has 0 bridgehead atoms. The van der Waals surface area contributed by atoms with Crippen LogP contribution in [0.2, 0.25) is 0 Å². The molecule has 1 aliphatic heterocycles. The highest BCUT2D eigenvalue weighted by molar-refractivity contribution is 7.91. The zero-order valence-corrected chi connectivity index (χ0v) is 21.8. The summed E-state index contributed by atoms with van der Waals surface area (Å²) < 4.78 is 25.6. The van der Waals surface area contributed by atoms with E-state index < -0.39 is 25.8 Å². The van der Waals surface area contributed by atoms with E-state index in [-0.39, 0.29) is 0 Å². The Morgan fingerprint density at radius 2 is 1.74 bits per heavy atom. The molecule has 7 heteroatoms. The first-order valence-electron chi connectivity index (χ1n) is 11.8. The highest BCUT2D eigenvalue weighted by Crippen LogP contribution is 2.50. The van der Waals surface area contributed by atoms with Crippen LogP contribution < -0.4 is 0 Å². The maximum Gasteiger partial charge on any atom is 0.230 e. The van der Waals surface area contributed by atoms with E-state index >= 15 is 0 Å². The fourth-order valence-corrected chi connectivity index (χ4v) is 6.65. The van der Waals surface area contributed by atoms with E-state index in [1.807, 2.05) is 25.2 Å². The predicted molar refractivity (Wildman–Crippen MR) is 135 cm³/mol. The summed E-state index contributed by atoms with van der Waals surface area (Å²) in [5, 5.41) is 12.3. The van der Waals surface area contributed by atoms with Gasteiger partial charge in [0, 0.05) is 56.1 Å². The summed E-state index contributed by atoms with van der Waals surface area (Å²) in [6, 6.07) is 10.0. The van der Waals surface area contributed by atoms with Gasteiger partial charge >= 0.3 is 0 Å². The molecule has 1 aromatic heterocycles.